The molecule has 2 aromatic carbocycles. The van der Waals surface area contributed by atoms with Crippen molar-refractivity contribution in [1.82, 2.24) is 0 Å². The van der Waals surface area contributed by atoms with Crippen molar-refractivity contribution in [2.45, 2.75) is 19.4 Å². The van der Waals surface area contributed by atoms with Crippen molar-refractivity contribution in [3.05, 3.63) is 88.1 Å². The van der Waals surface area contributed by atoms with Crippen LogP contribution in [0.5, 0.6) is 0 Å². The summed E-state index contributed by atoms with van der Waals surface area (Å²) >= 11 is 1.76. The molecule has 0 aliphatic carbocycles. The largest absolute Gasteiger partial charge is 0.257 e. The van der Waals surface area contributed by atoms with E-state index in [0.29, 0.717) is 0 Å². The third kappa shape index (κ3) is 2.80. The lowest BCUT2D eigenvalue weighted by Gasteiger charge is -2.24. The van der Waals surface area contributed by atoms with Gasteiger partial charge in [-0.15, -0.1) is 11.3 Å². The second-order valence-corrected chi connectivity index (χ2v) is 6.78. The highest BCUT2D eigenvalue weighted by atomic mass is 32.1. The van der Waals surface area contributed by atoms with E-state index in [1.54, 1.807) is 11.3 Å². The fraction of sp³-hybridized carbons (Fsp3) is 0.150. The molecule has 0 saturated heterocycles. The number of aryl methyl sites for hydroxylation is 1. The number of hydrogen-bond donors (Lipinski definition) is 0. The minimum atomic E-state index is 0.259. The van der Waals surface area contributed by atoms with Gasteiger partial charge in [0.25, 0.3) is 0 Å². The topological polar surface area (TPSA) is 15.6 Å². The highest BCUT2D eigenvalue weighted by Crippen LogP contribution is 2.37. The number of thiophene rings is 1. The highest BCUT2D eigenvalue weighted by molar-refractivity contribution is 7.12. The van der Waals surface area contributed by atoms with Gasteiger partial charge in [0, 0.05) is 6.42 Å². The Hall–Kier alpha value is -2.39. The molecular formula is C20H18N2S. The molecule has 0 spiro atoms. The van der Waals surface area contributed by atoms with E-state index in [1.165, 1.54) is 21.7 Å². The fourth-order valence-electron chi connectivity index (χ4n) is 2.97. The first-order valence-corrected chi connectivity index (χ1v) is 8.71. The predicted octanol–water partition coefficient (Wildman–Crippen LogP) is 5.41. The molecule has 1 aliphatic heterocycles. The Labute approximate surface area is 140 Å². The van der Waals surface area contributed by atoms with Crippen molar-refractivity contribution in [2.24, 2.45) is 5.10 Å². The first-order chi connectivity index (χ1) is 11.3. The van der Waals surface area contributed by atoms with Crippen molar-refractivity contribution >= 4 is 22.7 Å². The van der Waals surface area contributed by atoms with Crippen molar-refractivity contribution in [2.75, 3.05) is 5.01 Å². The summed E-state index contributed by atoms with van der Waals surface area (Å²) in [7, 11) is 0. The number of nitrogens with zero attached hydrogens (tertiary/aromatic N) is 2. The zero-order valence-electron chi connectivity index (χ0n) is 13.0. The maximum atomic E-state index is 4.94. The van der Waals surface area contributed by atoms with Crippen LogP contribution in [0, 0.1) is 6.92 Å². The van der Waals surface area contributed by atoms with Gasteiger partial charge in [-0.1, -0.05) is 54.1 Å². The summed E-state index contributed by atoms with van der Waals surface area (Å²) in [6.45, 7) is 2.13. The van der Waals surface area contributed by atoms with Crippen LogP contribution in [0.15, 0.2) is 77.2 Å². The molecule has 1 atom stereocenters. The maximum Gasteiger partial charge on any atom is 0.0832 e. The SMILES string of the molecule is Cc1ccc([C@H]2CC(c3cccs3)=NN2c2ccccc2)cc1. The van der Waals surface area contributed by atoms with E-state index in [4.69, 9.17) is 5.10 Å². The molecule has 1 aliphatic rings. The van der Waals surface area contributed by atoms with Gasteiger partial charge in [0.1, 0.15) is 0 Å². The number of hydrazone groups is 1. The third-order valence-electron chi connectivity index (χ3n) is 4.20. The molecule has 0 amide bonds. The van der Waals surface area contributed by atoms with Crippen LogP contribution in [0.1, 0.15) is 28.5 Å². The van der Waals surface area contributed by atoms with Crippen LogP contribution in [0.3, 0.4) is 0 Å². The molecule has 3 heteroatoms. The smallest absolute Gasteiger partial charge is 0.0832 e. The first-order valence-electron chi connectivity index (χ1n) is 7.83. The van der Waals surface area contributed by atoms with Gasteiger partial charge in [0.2, 0.25) is 0 Å². The van der Waals surface area contributed by atoms with E-state index in [2.05, 4.69) is 78.0 Å². The van der Waals surface area contributed by atoms with Gasteiger partial charge in [-0.25, -0.2) is 0 Å². The Morgan fingerprint density at radius 1 is 0.957 bits per heavy atom. The Balaban J connectivity index is 1.74. The standard InChI is InChI=1S/C20H18N2S/c1-15-9-11-16(12-10-15)19-14-18(20-8-5-13-23-20)21-22(19)17-6-3-2-4-7-17/h2-13,19H,14H2,1H3/t19-/m1/s1. The molecule has 0 fully saturated rings. The second kappa shape index (κ2) is 6.01. The number of benzene rings is 2. The van der Waals surface area contributed by atoms with Gasteiger partial charge in [0.05, 0.1) is 22.3 Å². The molecule has 3 aromatic rings. The van der Waals surface area contributed by atoms with Gasteiger partial charge in [-0.2, -0.15) is 5.10 Å². The Bertz CT molecular complexity index is 805. The number of rotatable bonds is 3. The Morgan fingerprint density at radius 2 is 1.74 bits per heavy atom. The zero-order valence-corrected chi connectivity index (χ0v) is 13.8. The van der Waals surface area contributed by atoms with Gasteiger partial charge in [0.15, 0.2) is 0 Å². The third-order valence-corrected chi connectivity index (χ3v) is 5.12. The van der Waals surface area contributed by atoms with Crippen molar-refractivity contribution in [3.8, 4) is 0 Å². The molecule has 4 rings (SSSR count). The minimum absolute atomic E-state index is 0.259. The van der Waals surface area contributed by atoms with E-state index in [-0.39, 0.29) is 6.04 Å². The average Bonchev–Trinajstić information content (AvgIpc) is 3.26. The van der Waals surface area contributed by atoms with Crippen molar-refractivity contribution < 1.29 is 0 Å². The van der Waals surface area contributed by atoms with E-state index >= 15 is 0 Å². The summed E-state index contributed by atoms with van der Waals surface area (Å²) in [6.07, 6.45) is 0.943. The van der Waals surface area contributed by atoms with Crippen molar-refractivity contribution in [1.29, 1.82) is 0 Å². The van der Waals surface area contributed by atoms with Crippen LogP contribution in [0.4, 0.5) is 5.69 Å². The lowest BCUT2D eigenvalue weighted by atomic mass is 10.00. The molecule has 0 radical (unpaired) electrons. The van der Waals surface area contributed by atoms with Gasteiger partial charge < -0.3 is 0 Å². The van der Waals surface area contributed by atoms with Crippen LogP contribution in [0.25, 0.3) is 0 Å². The lowest BCUT2D eigenvalue weighted by molar-refractivity contribution is 0.709. The molecule has 0 unspecified atom stereocenters. The second-order valence-electron chi connectivity index (χ2n) is 5.83. The van der Waals surface area contributed by atoms with Gasteiger partial charge >= 0.3 is 0 Å². The van der Waals surface area contributed by atoms with Crippen LogP contribution >= 0.6 is 11.3 Å². The molecule has 0 bridgehead atoms. The summed E-state index contributed by atoms with van der Waals surface area (Å²) in [5.74, 6) is 0. The van der Waals surface area contributed by atoms with Crippen LogP contribution in [-0.2, 0) is 0 Å². The minimum Gasteiger partial charge on any atom is -0.257 e. The van der Waals surface area contributed by atoms with E-state index in [9.17, 15) is 0 Å². The quantitative estimate of drug-likeness (QED) is 0.630. The zero-order chi connectivity index (χ0) is 15.6. The van der Waals surface area contributed by atoms with Crippen LogP contribution in [-0.4, -0.2) is 5.71 Å². The molecular weight excluding hydrogens is 300 g/mol. The fourth-order valence-corrected chi connectivity index (χ4v) is 3.69. The summed E-state index contributed by atoms with van der Waals surface area (Å²) in [4.78, 5) is 1.26. The molecule has 2 nitrogen and oxygen atoms in total. The number of para-hydroxylation sites is 1. The number of hydrogen-bond acceptors (Lipinski definition) is 3. The summed E-state index contributed by atoms with van der Waals surface area (Å²) in [5.41, 5.74) is 4.92. The molecule has 0 saturated carbocycles. The molecule has 2 heterocycles. The summed E-state index contributed by atoms with van der Waals surface area (Å²) < 4.78 is 0. The van der Waals surface area contributed by atoms with Crippen LogP contribution < -0.4 is 5.01 Å². The molecule has 23 heavy (non-hydrogen) atoms. The summed E-state index contributed by atoms with van der Waals surface area (Å²) in [6, 6.07) is 23.8. The first kappa shape index (κ1) is 14.2. The normalized spacial score (nSPS) is 17.3. The van der Waals surface area contributed by atoms with E-state index in [0.717, 1.165) is 12.1 Å². The Morgan fingerprint density at radius 3 is 2.43 bits per heavy atom. The monoisotopic (exact) mass is 318 g/mol. The maximum absolute atomic E-state index is 4.94. The molecule has 1 aromatic heterocycles. The molecule has 114 valence electrons. The van der Waals surface area contributed by atoms with Crippen LogP contribution in [0.2, 0.25) is 0 Å². The predicted molar refractivity (Wildman–Crippen MR) is 98.3 cm³/mol. The highest BCUT2D eigenvalue weighted by Gasteiger charge is 2.30. The average molecular weight is 318 g/mol. The number of anilines is 1. The lowest BCUT2D eigenvalue weighted by Crippen LogP contribution is -2.18. The Kier molecular flexibility index (Phi) is 3.72. The van der Waals surface area contributed by atoms with Crippen molar-refractivity contribution in [3.63, 3.8) is 0 Å². The van der Waals surface area contributed by atoms with E-state index in [1.807, 2.05) is 6.07 Å². The summed E-state index contributed by atoms with van der Waals surface area (Å²) in [5, 5.41) is 9.22. The molecule has 0 N–H and O–H groups in total. The van der Waals surface area contributed by atoms with Gasteiger partial charge in [-0.05, 0) is 36.1 Å². The van der Waals surface area contributed by atoms with E-state index < -0.39 is 0 Å². The van der Waals surface area contributed by atoms with Gasteiger partial charge in [-0.3, -0.25) is 5.01 Å².